The predicted octanol–water partition coefficient (Wildman–Crippen LogP) is 1.86. The monoisotopic (exact) mass is 314 g/mol. The highest BCUT2D eigenvalue weighted by Gasteiger charge is 2.19. The van der Waals surface area contributed by atoms with E-state index < -0.39 is 0 Å². The average molecular weight is 315 g/mol. The molecule has 20 heavy (non-hydrogen) atoms. The molecule has 7 heteroatoms. The summed E-state index contributed by atoms with van der Waals surface area (Å²) in [5.41, 5.74) is 1.02. The largest absolute Gasteiger partial charge is 0.374 e. The zero-order valence-corrected chi connectivity index (χ0v) is 13.1. The molecule has 3 rings (SSSR count). The molecule has 3 heterocycles. The summed E-state index contributed by atoms with van der Waals surface area (Å²) in [7, 11) is 0. The molecule has 5 nitrogen and oxygen atoms in total. The summed E-state index contributed by atoms with van der Waals surface area (Å²) >= 11 is 7.77. The fourth-order valence-corrected chi connectivity index (χ4v) is 3.53. The zero-order chi connectivity index (χ0) is 13.9. The number of aromatic nitrogens is 2. The van der Waals surface area contributed by atoms with Gasteiger partial charge in [0.15, 0.2) is 10.1 Å². The topological polar surface area (TPSA) is 41.8 Å². The summed E-state index contributed by atoms with van der Waals surface area (Å²) in [4.78, 5) is 7.69. The Morgan fingerprint density at radius 2 is 2.50 bits per heavy atom. The van der Waals surface area contributed by atoms with Crippen LogP contribution in [-0.2, 0) is 11.3 Å². The number of likely N-dealkylation sites (N-methyl/N-ethyl adjacent to an activating group) is 1. The number of hydrogen-bond donors (Lipinski definition) is 1. The van der Waals surface area contributed by atoms with Gasteiger partial charge in [-0.05, 0) is 6.54 Å². The Labute approximate surface area is 127 Å². The van der Waals surface area contributed by atoms with E-state index in [1.807, 2.05) is 16.0 Å². The van der Waals surface area contributed by atoms with E-state index in [1.165, 1.54) is 0 Å². The smallest absolute Gasteiger partial charge is 0.195 e. The van der Waals surface area contributed by atoms with Crippen LogP contribution in [0.5, 0.6) is 0 Å². The highest BCUT2D eigenvalue weighted by atomic mass is 35.5. The number of ether oxygens (including phenoxy) is 1. The molecular weight excluding hydrogens is 296 g/mol. The maximum atomic E-state index is 6.17. The third-order valence-corrected chi connectivity index (χ3v) is 4.71. The van der Waals surface area contributed by atoms with Gasteiger partial charge in [-0.1, -0.05) is 18.5 Å². The van der Waals surface area contributed by atoms with E-state index in [-0.39, 0.29) is 6.10 Å². The molecule has 0 bridgehead atoms. The fraction of sp³-hybridized carbons (Fsp3) is 0.615. The van der Waals surface area contributed by atoms with E-state index in [1.54, 1.807) is 11.3 Å². The second-order valence-electron chi connectivity index (χ2n) is 4.92. The van der Waals surface area contributed by atoms with Gasteiger partial charge in [0.2, 0.25) is 0 Å². The van der Waals surface area contributed by atoms with Crippen LogP contribution in [0.15, 0.2) is 11.6 Å². The van der Waals surface area contributed by atoms with Gasteiger partial charge < -0.3 is 10.1 Å². The summed E-state index contributed by atoms with van der Waals surface area (Å²) in [6, 6.07) is 0. The Morgan fingerprint density at radius 3 is 3.35 bits per heavy atom. The average Bonchev–Trinajstić information content (AvgIpc) is 3.01. The number of hydrogen-bond acceptors (Lipinski definition) is 5. The van der Waals surface area contributed by atoms with Gasteiger partial charge in [-0.2, -0.15) is 0 Å². The van der Waals surface area contributed by atoms with Gasteiger partial charge in [0.25, 0.3) is 0 Å². The lowest BCUT2D eigenvalue weighted by molar-refractivity contribution is -0.0254. The third kappa shape index (κ3) is 2.99. The molecule has 2 aromatic heterocycles. The number of nitrogens with one attached hydrogen (secondary N) is 1. The van der Waals surface area contributed by atoms with Crippen molar-refractivity contribution in [3.8, 4) is 0 Å². The molecule has 1 N–H and O–H groups in total. The highest BCUT2D eigenvalue weighted by molar-refractivity contribution is 7.15. The normalized spacial score (nSPS) is 20.8. The molecular formula is C13H19ClN4OS. The Morgan fingerprint density at radius 1 is 1.60 bits per heavy atom. The first-order valence-electron chi connectivity index (χ1n) is 6.92. The Kier molecular flexibility index (Phi) is 4.58. The highest BCUT2D eigenvalue weighted by Crippen LogP contribution is 2.21. The SMILES string of the molecule is CCN1CCO[C@@H](CNCc2c(Cl)nc3sccn23)C1. The van der Waals surface area contributed by atoms with Crippen molar-refractivity contribution < 1.29 is 4.74 Å². The van der Waals surface area contributed by atoms with E-state index >= 15 is 0 Å². The van der Waals surface area contributed by atoms with Crippen molar-refractivity contribution in [1.29, 1.82) is 0 Å². The quantitative estimate of drug-likeness (QED) is 0.914. The van der Waals surface area contributed by atoms with Gasteiger partial charge in [-0.25, -0.2) is 4.98 Å². The minimum atomic E-state index is 0.258. The van der Waals surface area contributed by atoms with Crippen LogP contribution < -0.4 is 5.32 Å². The van der Waals surface area contributed by atoms with Gasteiger partial charge in [0.05, 0.1) is 18.4 Å². The molecule has 1 fully saturated rings. The molecule has 0 aliphatic carbocycles. The Balaban J connectivity index is 1.54. The molecule has 0 spiro atoms. The first kappa shape index (κ1) is 14.3. The van der Waals surface area contributed by atoms with E-state index in [0.29, 0.717) is 11.7 Å². The number of fused-ring (bicyclic) bond motifs is 1. The van der Waals surface area contributed by atoms with Crippen LogP contribution in [0, 0.1) is 0 Å². The lowest BCUT2D eigenvalue weighted by atomic mass is 10.2. The standard InChI is InChI=1S/C13H19ClN4OS/c1-2-17-3-5-19-10(9-17)7-15-8-11-12(14)16-13-18(11)4-6-20-13/h4,6,10,15H,2-3,5,7-9H2,1H3/t10-/m0/s1. The first-order valence-corrected chi connectivity index (χ1v) is 8.18. The molecule has 1 aliphatic heterocycles. The number of imidazole rings is 1. The second-order valence-corrected chi connectivity index (χ2v) is 6.15. The molecule has 0 unspecified atom stereocenters. The molecule has 2 aromatic rings. The van der Waals surface area contributed by atoms with Crippen molar-refractivity contribution in [3.05, 3.63) is 22.4 Å². The van der Waals surface area contributed by atoms with E-state index in [0.717, 1.165) is 43.4 Å². The third-order valence-electron chi connectivity index (χ3n) is 3.65. The number of halogens is 1. The van der Waals surface area contributed by atoms with Crippen LogP contribution in [0.1, 0.15) is 12.6 Å². The van der Waals surface area contributed by atoms with Gasteiger partial charge in [-0.3, -0.25) is 9.30 Å². The van der Waals surface area contributed by atoms with Crippen molar-refractivity contribution in [2.24, 2.45) is 0 Å². The maximum Gasteiger partial charge on any atom is 0.195 e. The number of nitrogens with zero attached hydrogens (tertiary/aromatic N) is 3. The predicted molar refractivity (Wildman–Crippen MR) is 81.6 cm³/mol. The van der Waals surface area contributed by atoms with Crippen molar-refractivity contribution in [1.82, 2.24) is 19.6 Å². The molecule has 1 aliphatic rings. The van der Waals surface area contributed by atoms with Gasteiger partial charge >= 0.3 is 0 Å². The summed E-state index contributed by atoms with van der Waals surface area (Å²) in [6.07, 6.45) is 2.26. The maximum absolute atomic E-state index is 6.17. The van der Waals surface area contributed by atoms with Crippen LogP contribution >= 0.6 is 22.9 Å². The molecule has 0 radical (unpaired) electrons. The molecule has 0 saturated carbocycles. The number of morpholine rings is 1. The van der Waals surface area contributed by atoms with Crippen LogP contribution in [0.2, 0.25) is 5.15 Å². The van der Waals surface area contributed by atoms with Crippen molar-refractivity contribution >= 4 is 27.9 Å². The minimum absolute atomic E-state index is 0.258. The van der Waals surface area contributed by atoms with Gasteiger partial charge in [0.1, 0.15) is 0 Å². The number of rotatable bonds is 5. The summed E-state index contributed by atoms with van der Waals surface area (Å²) in [6.45, 7) is 7.68. The van der Waals surface area contributed by atoms with Gasteiger partial charge in [-0.15, -0.1) is 11.3 Å². The van der Waals surface area contributed by atoms with E-state index in [2.05, 4.69) is 22.1 Å². The van der Waals surface area contributed by atoms with Crippen molar-refractivity contribution in [2.45, 2.75) is 19.6 Å². The minimum Gasteiger partial charge on any atom is -0.374 e. The molecule has 110 valence electrons. The lowest BCUT2D eigenvalue weighted by Gasteiger charge is -2.32. The van der Waals surface area contributed by atoms with Crippen LogP contribution in [-0.4, -0.2) is 53.2 Å². The summed E-state index contributed by atoms with van der Waals surface area (Å²) in [5.74, 6) is 0. The summed E-state index contributed by atoms with van der Waals surface area (Å²) < 4.78 is 7.82. The van der Waals surface area contributed by atoms with E-state index in [4.69, 9.17) is 16.3 Å². The van der Waals surface area contributed by atoms with Crippen molar-refractivity contribution in [3.63, 3.8) is 0 Å². The van der Waals surface area contributed by atoms with Crippen LogP contribution in [0.3, 0.4) is 0 Å². The number of thiazole rings is 1. The molecule has 0 amide bonds. The van der Waals surface area contributed by atoms with Crippen molar-refractivity contribution in [2.75, 3.05) is 32.8 Å². The van der Waals surface area contributed by atoms with E-state index in [9.17, 15) is 0 Å². The van der Waals surface area contributed by atoms with Gasteiger partial charge in [0, 0.05) is 37.8 Å². The van der Waals surface area contributed by atoms with Crippen LogP contribution in [0.4, 0.5) is 0 Å². The summed E-state index contributed by atoms with van der Waals surface area (Å²) in [5, 5.41) is 6.04. The zero-order valence-electron chi connectivity index (χ0n) is 11.5. The van der Waals surface area contributed by atoms with Crippen LogP contribution in [0.25, 0.3) is 4.96 Å². The molecule has 0 aromatic carbocycles. The fourth-order valence-electron chi connectivity index (χ4n) is 2.51. The Hall–Kier alpha value is -0.660. The lowest BCUT2D eigenvalue weighted by Crippen LogP contribution is -2.46. The molecule has 1 saturated heterocycles. The molecule has 1 atom stereocenters. The second kappa shape index (κ2) is 6.41. The first-order chi connectivity index (χ1) is 9.78. The Bertz CT molecular complexity index is 570.